The molecule has 1 aromatic carbocycles. The molecular formula is C12H16O4. The van der Waals surface area contributed by atoms with Crippen molar-refractivity contribution in [1.29, 1.82) is 0 Å². The first kappa shape index (κ1) is 14.4. The van der Waals surface area contributed by atoms with Crippen LogP contribution in [-0.4, -0.2) is 27.9 Å². The summed E-state index contributed by atoms with van der Waals surface area (Å²) in [6.07, 6.45) is -0.735. The molecule has 0 aliphatic carbocycles. The number of carbonyl (C=O) groups is 1. The van der Waals surface area contributed by atoms with Crippen molar-refractivity contribution >= 4 is 5.97 Å². The van der Waals surface area contributed by atoms with Crippen molar-refractivity contribution in [3.8, 4) is 0 Å². The fraction of sp³-hybridized carbons (Fsp3) is 0.250. The van der Waals surface area contributed by atoms with Crippen LogP contribution in [0.25, 0.3) is 0 Å². The maximum Gasteiger partial charge on any atom is 0.330 e. The third-order valence-electron chi connectivity index (χ3n) is 1.72. The van der Waals surface area contributed by atoms with E-state index in [1.165, 1.54) is 6.92 Å². The number of aliphatic carboxylic acids is 1. The van der Waals surface area contributed by atoms with E-state index in [1.54, 1.807) is 12.1 Å². The van der Waals surface area contributed by atoms with Crippen LogP contribution in [0.5, 0.6) is 0 Å². The first-order valence-corrected chi connectivity index (χ1v) is 4.71. The Kier molecular flexibility index (Phi) is 6.83. The first-order valence-electron chi connectivity index (χ1n) is 4.71. The van der Waals surface area contributed by atoms with Crippen molar-refractivity contribution in [2.45, 2.75) is 13.0 Å². The third-order valence-corrected chi connectivity index (χ3v) is 1.72. The Balaban J connectivity index is 0.000000325. The molecule has 0 saturated carbocycles. The van der Waals surface area contributed by atoms with E-state index in [9.17, 15) is 4.79 Å². The maximum atomic E-state index is 9.60. The zero-order valence-electron chi connectivity index (χ0n) is 9.13. The summed E-state index contributed by atoms with van der Waals surface area (Å²) in [5.74, 6) is -0.935. The smallest absolute Gasteiger partial charge is 0.330 e. The molecule has 0 heterocycles. The van der Waals surface area contributed by atoms with Crippen molar-refractivity contribution in [1.82, 2.24) is 0 Å². The van der Waals surface area contributed by atoms with Crippen LogP contribution >= 0.6 is 0 Å². The Hall–Kier alpha value is -1.65. The molecule has 0 saturated heterocycles. The SMILES string of the molecule is C=C(C)C(=O)O.OCC(O)c1ccccc1. The second kappa shape index (κ2) is 7.62. The summed E-state index contributed by atoms with van der Waals surface area (Å²) in [7, 11) is 0. The van der Waals surface area contributed by atoms with Crippen LogP contribution in [-0.2, 0) is 4.79 Å². The van der Waals surface area contributed by atoms with Crippen LogP contribution < -0.4 is 0 Å². The van der Waals surface area contributed by atoms with Gasteiger partial charge in [0.2, 0.25) is 0 Å². The van der Waals surface area contributed by atoms with E-state index < -0.39 is 12.1 Å². The number of aliphatic hydroxyl groups is 2. The Morgan fingerprint density at radius 1 is 1.38 bits per heavy atom. The molecule has 4 nitrogen and oxygen atoms in total. The summed E-state index contributed by atoms with van der Waals surface area (Å²) in [6.45, 7) is 4.38. The largest absolute Gasteiger partial charge is 0.478 e. The van der Waals surface area contributed by atoms with E-state index in [0.29, 0.717) is 0 Å². The van der Waals surface area contributed by atoms with Crippen molar-refractivity contribution in [3.63, 3.8) is 0 Å². The molecule has 0 spiro atoms. The van der Waals surface area contributed by atoms with Crippen LogP contribution in [0.1, 0.15) is 18.6 Å². The fourth-order valence-electron chi connectivity index (χ4n) is 0.781. The minimum Gasteiger partial charge on any atom is -0.478 e. The van der Waals surface area contributed by atoms with Crippen molar-refractivity contribution < 1.29 is 20.1 Å². The van der Waals surface area contributed by atoms with Gasteiger partial charge in [-0.1, -0.05) is 36.9 Å². The monoisotopic (exact) mass is 224 g/mol. The molecule has 0 aromatic heterocycles. The zero-order chi connectivity index (χ0) is 12.6. The number of carboxylic acid groups (broad SMARTS) is 1. The molecule has 0 fully saturated rings. The van der Waals surface area contributed by atoms with Crippen LogP contribution in [0.15, 0.2) is 42.5 Å². The summed E-state index contributed by atoms with van der Waals surface area (Å²) in [6, 6.07) is 9.08. The van der Waals surface area contributed by atoms with Crippen LogP contribution in [0.4, 0.5) is 0 Å². The molecule has 0 radical (unpaired) electrons. The first-order chi connectivity index (χ1) is 7.49. The van der Waals surface area contributed by atoms with Gasteiger partial charge in [0.15, 0.2) is 0 Å². The number of benzene rings is 1. The van der Waals surface area contributed by atoms with Gasteiger partial charge in [0.25, 0.3) is 0 Å². The van der Waals surface area contributed by atoms with E-state index in [1.807, 2.05) is 18.2 Å². The summed E-state index contributed by atoms with van der Waals surface area (Å²) in [4.78, 5) is 9.60. The molecular weight excluding hydrogens is 208 g/mol. The van der Waals surface area contributed by atoms with Gasteiger partial charge in [-0.15, -0.1) is 0 Å². The normalized spacial score (nSPS) is 10.9. The van der Waals surface area contributed by atoms with Crippen molar-refractivity contribution in [3.05, 3.63) is 48.0 Å². The van der Waals surface area contributed by atoms with Crippen LogP contribution in [0.2, 0.25) is 0 Å². The molecule has 4 heteroatoms. The number of rotatable bonds is 3. The minimum atomic E-state index is -0.935. The molecule has 0 aliphatic heterocycles. The van der Waals surface area contributed by atoms with Gasteiger partial charge >= 0.3 is 5.97 Å². The Labute approximate surface area is 94.5 Å². The lowest BCUT2D eigenvalue weighted by atomic mass is 10.1. The number of hydrogen-bond acceptors (Lipinski definition) is 3. The van der Waals surface area contributed by atoms with Crippen LogP contribution in [0, 0.1) is 0 Å². The predicted octanol–water partition coefficient (Wildman–Crippen LogP) is 1.36. The molecule has 1 aromatic rings. The molecule has 1 atom stereocenters. The van der Waals surface area contributed by atoms with Gasteiger partial charge in [-0.2, -0.15) is 0 Å². The standard InChI is InChI=1S/C8H10O2.C4H6O2/c9-6-8(10)7-4-2-1-3-5-7;1-3(2)4(5)6/h1-5,8-10H,6H2;1H2,2H3,(H,5,6). The number of carboxylic acids is 1. The highest BCUT2D eigenvalue weighted by Gasteiger charge is 2.02. The molecule has 0 aliphatic rings. The Morgan fingerprint density at radius 3 is 2.12 bits per heavy atom. The number of aliphatic hydroxyl groups excluding tert-OH is 2. The highest BCUT2D eigenvalue weighted by Crippen LogP contribution is 2.09. The fourth-order valence-corrected chi connectivity index (χ4v) is 0.781. The van der Waals surface area contributed by atoms with E-state index in [0.717, 1.165) is 5.56 Å². The Bertz CT molecular complexity index is 320. The lowest BCUT2D eigenvalue weighted by molar-refractivity contribution is -0.132. The lowest BCUT2D eigenvalue weighted by Crippen LogP contribution is -2.01. The maximum absolute atomic E-state index is 9.60. The van der Waals surface area contributed by atoms with Gasteiger partial charge in [-0.25, -0.2) is 4.79 Å². The third kappa shape index (κ3) is 5.95. The molecule has 88 valence electrons. The van der Waals surface area contributed by atoms with Gasteiger partial charge in [0.05, 0.1) is 6.61 Å². The average molecular weight is 224 g/mol. The van der Waals surface area contributed by atoms with Gasteiger partial charge in [-0.05, 0) is 12.5 Å². The molecule has 3 N–H and O–H groups in total. The highest BCUT2D eigenvalue weighted by molar-refractivity contribution is 5.84. The van der Waals surface area contributed by atoms with Crippen LogP contribution in [0.3, 0.4) is 0 Å². The summed E-state index contributed by atoms with van der Waals surface area (Å²) < 4.78 is 0. The second-order valence-corrected chi connectivity index (χ2v) is 3.19. The minimum absolute atomic E-state index is 0.176. The van der Waals surface area contributed by atoms with E-state index in [2.05, 4.69) is 6.58 Å². The lowest BCUT2D eigenvalue weighted by Gasteiger charge is -2.05. The summed E-state index contributed by atoms with van der Waals surface area (Å²) in [5, 5.41) is 25.5. The zero-order valence-corrected chi connectivity index (χ0v) is 9.13. The van der Waals surface area contributed by atoms with Gasteiger partial charge in [-0.3, -0.25) is 0 Å². The van der Waals surface area contributed by atoms with Gasteiger partial charge in [0.1, 0.15) is 6.10 Å². The topological polar surface area (TPSA) is 77.8 Å². The predicted molar refractivity (Wildman–Crippen MR) is 60.9 cm³/mol. The highest BCUT2D eigenvalue weighted by atomic mass is 16.4. The quantitative estimate of drug-likeness (QED) is 0.677. The summed E-state index contributed by atoms with van der Waals surface area (Å²) >= 11 is 0. The van der Waals surface area contributed by atoms with Gasteiger partial charge < -0.3 is 15.3 Å². The molecule has 16 heavy (non-hydrogen) atoms. The van der Waals surface area contributed by atoms with Crippen molar-refractivity contribution in [2.75, 3.05) is 6.61 Å². The van der Waals surface area contributed by atoms with E-state index in [-0.39, 0.29) is 12.2 Å². The molecule has 0 amide bonds. The number of hydrogen-bond donors (Lipinski definition) is 3. The molecule has 1 unspecified atom stereocenters. The van der Waals surface area contributed by atoms with Gasteiger partial charge in [0, 0.05) is 5.57 Å². The molecule has 0 bridgehead atoms. The molecule has 1 rings (SSSR count). The van der Waals surface area contributed by atoms with Crippen molar-refractivity contribution in [2.24, 2.45) is 0 Å². The van der Waals surface area contributed by atoms with E-state index >= 15 is 0 Å². The average Bonchev–Trinajstić information content (AvgIpc) is 2.30. The second-order valence-electron chi connectivity index (χ2n) is 3.19. The van der Waals surface area contributed by atoms with E-state index in [4.69, 9.17) is 15.3 Å². The Morgan fingerprint density at radius 2 is 1.81 bits per heavy atom. The summed E-state index contributed by atoms with van der Waals surface area (Å²) in [5.41, 5.74) is 0.931.